The van der Waals surface area contributed by atoms with Crippen molar-refractivity contribution < 1.29 is 0 Å². The quantitative estimate of drug-likeness (QED) is 0.727. The summed E-state index contributed by atoms with van der Waals surface area (Å²) in [7, 11) is 0. The van der Waals surface area contributed by atoms with Gasteiger partial charge in [0.15, 0.2) is 0 Å². The number of fused-ring (bicyclic) bond motifs is 1. The van der Waals surface area contributed by atoms with E-state index < -0.39 is 0 Å². The van der Waals surface area contributed by atoms with Gasteiger partial charge in [-0.2, -0.15) is 0 Å². The van der Waals surface area contributed by atoms with Gasteiger partial charge in [0.1, 0.15) is 0 Å². The van der Waals surface area contributed by atoms with Gasteiger partial charge in [0.25, 0.3) is 0 Å². The molecule has 0 amide bonds. The third kappa shape index (κ3) is 1.42. The molecule has 0 fully saturated rings. The molecule has 0 atom stereocenters. The molecule has 0 radical (unpaired) electrons. The maximum atomic E-state index is 5.87. The maximum Gasteiger partial charge on any atom is 0.0503 e. The fourth-order valence-corrected chi connectivity index (χ4v) is 2.87. The van der Waals surface area contributed by atoms with Crippen LogP contribution in [0.15, 0.2) is 22.4 Å². The van der Waals surface area contributed by atoms with E-state index in [1.54, 1.807) is 23.1 Å². The topological polar surface area (TPSA) is 26.0 Å². The Morgan fingerprint density at radius 2 is 2.15 bits per heavy atom. The molecule has 3 heteroatoms. The number of thiophene rings is 1. The van der Waals surface area contributed by atoms with E-state index in [2.05, 4.69) is 25.3 Å². The standard InChI is InChI=1S/C10H11NS2/c1-6-3-7(12-2)4-8-9(11)5-13-10(6)8/h3-5H,11H2,1-2H3. The molecule has 13 heavy (non-hydrogen) atoms. The molecule has 68 valence electrons. The van der Waals surface area contributed by atoms with Gasteiger partial charge in [-0.25, -0.2) is 0 Å². The van der Waals surface area contributed by atoms with Crippen LogP contribution in [0.5, 0.6) is 0 Å². The van der Waals surface area contributed by atoms with Crippen molar-refractivity contribution in [2.75, 3.05) is 12.0 Å². The lowest BCUT2D eigenvalue weighted by molar-refractivity contribution is 1.43. The van der Waals surface area contributed by atoms with Crippen LogP contribution in [0.2, 0.25) is 0 Å². The Bertz CT molecular complexity index is 445. The zero-order valence-electron chi connectivity index (χ0n) is 7.63. The average molecular weight is 209 g/mol. The van der Waals surface area contributed by atoms with E-state index in [4.69, 9.17) is 5.73 Å². The van der Waals surface area contributed by atoms with Crippen molar-refractivity contribution in [1.29, 1.82) is 0 Å². The summed E-state index contributed by atoms with van der Waals surface area (Å²) in [6.07, 6.45) is 2.09. The zero-order valence-corrected chi connectivity index (χ0v) is 9.26. The maximum absolute atomic E-state index is 5.87. The van der Waals surface area contributed by atoms with Gasteiger partial charge >= 0.3 is 0 Å². The Hall–Kier alpha value is -0.670. The minimum atomic E-state index is 0.902. The molecule has 0 saturated heterocycles. The second-order valence-electron chi connectivity index (χ2n) is 3.01. The van der Waals surface area contributed by atoms with E-state index in [1.165, 1.54) is 20.5 Å². The highest BCUT2D eigenvalue weighted by Gasteiger charge is 2.04. The van der Waals surface area contributed by atoms with E-state index in [-0.39, 0.29) is 0 Å². The average Bonchev–Trinajstić information content (AvgIpc) is 2.48. The fraction of sp³-hybridized carbons (Fsp3) is 0.200. The van der Waals surface area contributed by atoms with Crippen molar-refractivity contribution in [3.05, 3.63) is 23.1 Å². The molecule has 2 rings (SSSR count). The van der Waals surface area contributed by atoms with Crippen LogP contribution in [0.1, 0.15) is 5.56 Å². The molecule has 0 bridgehead atoms. The predicted molar refractivity (Wildman–Crippen MR) is 62.8 cm³/mol. The molecule has 2 N–H and O–H groups in total. The highest BCUT2D eigenvalue weighted by Crippen LogP contribution is 2.33. The number of nitrogen functional groups attached to an aromatic ring is 1. The van der Waals surface area contributed by atoms with E-state index in [0.29, 0.717) is 0 Å². The fourth-order valence-electron chi connectivity index (χ4n) is 1.42. The third-order valence-electron chi connectivity index (χ3n) is 2.10. The number of anilines is 1. The monoisotopic (exact) mass is 209 g/mol. The minimum Gasteiger partial charge on any atom is -0.398 e. The summed E-state index contributed by atoms with van der Waals surface area (Å²) in [6, 6.07) is 4.38. The summed E-state index contributed by atoms with van der Waals surface area (Å²) in [5, 5.41) is 3.22. The van der Waals surface area contributed by atoms with Crippen molar-refractivity contribution in [2.45, 2.75) is 11.8 Å². The zero-order chi connectivity index (χ0) is 9.42. The summed E-state index contributed by atoms with van der Waals surface area (Å²) >= 11 is 3.48. The summed E-state index contributed by atoms with van der Waals surface area (Å²) < 4.78 is 1.32. The lowest BCUT2D eigenvalue weighted by Crippen LogP contribution is -1.82. The lowest BCUT2D eigenvalue weighted by atomic mass is 10.2. The summed E-state index contributed by atoms with van der Waals surface area (Å²) in [5.41, 5.74) is 8.09. The first-order valence-electron chi connectivity index (χ1n) is 4.03. The van der Waals surface area contributed by atoms with Crippen LogP contribution in [-0.2, 0) is 0 Å². The summed E-state index contributed by atoms with van der Waals surface area (Å²) in [6.45, 7) is 2.14. The smallest absolute Gasteiger partial charge is 0.0503 e. The first kappa shape index (κ1) is 8.91. The molecule has 2 aromatic rings. The molecular weight excluding hydrogens is 198 g/mol. The molecule has 1 heterocycles. The Morgan fingerprint density at radius 3 is 2.85 bits per heavy atom. The number of thioether (sulfide) groups is 1. The minimum absolute atomic E-state index is 0.902. The predicted octanol–water partition coefficient (Wildman–Crippen LogP) is 3.51. The molecule has 0 saturated carbocycles. The normalized spacial score (nSPS) is 10.9. The number of hydrogen-bond donors (Lipinski definition) is 1. The molecule has 0 aliphatic rings. The Morgan fingerprint density at radius 1 is 1.38 bits per heavy atom. The largest absolute Gasteiger partial charge is 0.398 e. The van der Waals surface area contributed by atoms with Crippen molar-refractivity contribution in [3.8, 4) is 0 Å². The Balaban J connectivity index is 2.80. The Labute approximate surface area is 85.9 Å². The van der Waals surface area contributed by atoms with Crippen LogP contribution < -0.4 is 5.73 Å². The first-order valence-corrected chi connectivity index (χ1v) is 6.14. The highest BCUT2D eigenvalue weighted by atomic mass is 32.2. The second-order valence-corrected chi connectivity index (χ2v) is 4.77. The van der Waals surface area contributed by atoms with Gasteiger partial charge in [-0.15, -0.1) is 23.1 Å². The van der Waals surface area contributed by atoms with Gasteiger partial charge in [0, 0.05) is 20.4 Å². The molecule has 1 aromatic carbocycles. The van der Waals surface area contributed by atoms with Crippen LogP contribution in [0.4, 0.5) is 5.69 Å². The van der Waals surface area contributed by atoms with Crippen LogP contribution in [0.3, 0.4) is 0 Å². The molecule has 0 aliphatic carbocycles. The van der Waals surface area contributed by atoms with Crippen molar-refractivity contribution in [2.24, 2.45) is 0 Å². The van der Waals surface area contributed by atoms with Gasteiger partial charge in [-0.05, 0) is 30.9 Å². The number of benzene rings is 1. The van der Waals surface area contributed by atoms with Gasteiger partial charge in [0.05, 0.1) is 5.69 Å². The number of hydrogen-bond acceptors (Lipinski definition) is 3. The number of aryl methyl sites for hydroxylation is 1. The third-order valence-corrected chi connectivity index (χ3v) is 3.96. The summed E-state index contributed by atoms with van der Waals surface area (Å²) in [5.74, 6) is 0. The van der Waals surface area contributed by atoms with Crippen molar-refractivity contribution >= 4 is 38.9 Å². The molecule has 0 spiro atoms. The second kappa shape index (κ2) is 3.24. The van der Waals surface area contributed by atoms with Gasteiger partial charge < -0.3 is 5.73 Å². The van der Waals surface area contributed by atoms with E-state index in [0.717, 1.165) is 5.69 Å². The highest BCUT2D eigenvalue weighted by molar-refractivity contribution is 7.98. The van der Waals surface area contributed by atoms with E-state index >= 15 is 0 Å². The molecule has 0 aliphatic heterocycles. The first-order chi connectivity index (χ1) is 6.22. The molecule has 1 nitrogen and oxygen atoms in total. The Kier molecular flexibility index (Phi) is 2.22. The van der Waals surface area contributed by atoms with E-state index in [1.807, 2.05) is 5.38 Å². The number of rotatable bonds is 1. The van der Waals surface area contributed by atoms with Crippen LogP contribution in [0, 0.1) is 6.92 Å². The molecular formula is C10H11NS2. The molecule has 0 unspecified atom stereocenters. The van der Waals surface area contributed by atoms with Crippen LogP contribution in [-0.4, -0.2) is 6.26 Å². The van der Waals surface area contributed by atoms with Crippen LogP contribution >= 0.6 is 23.1 Å². The molecule has 1 aromatic heterocycles. The van der Waals surface area contributed by atoms with Crippen molar-refractivity contribution in [1.82, 2.24) is 0 Å². The van der Waals surface area contributed by atoms with Gasteiger partial charge in [-0.3, -0.25) is 0 Å². The van der Waals surface area contributed by atoms with Gasteiger partial charge in [-0.1, -0.05) is 0 Å². The lowest BCUT2D eigenvalue weighted by Gasteiger charge is -2.01. The summed E-state index contributed by atoms with van der Waals surface area (Å²) in [4.78, 5) is 1.29. The van der Waals surface area contributed by atoms with E-state index in [9.17, 15) is 0 Å². The van der Waals surface area contributed by atoms with Gasteiger partial charge in [0.2, 0.25) is 0 Å². The SMILES string of the molecule is CSc1cc(C)c2scc(N)c2c1. The number of nitrogens with two attached hydrogens (primary N) is 1. The van der Waals surface area contributed by atoms with Crippen molar-refractivity contribution in [3.63, 3.8) is 0 Å². The van der Waals surface area contributed by atoms with Crippen LogP contribution in [0.25, 0.3) is 10.1 Å².